The molecule has 1 amide bonds. The van der Waals surface area contributed by atoms with Crippen LogP contribution in [0.1, 0.15) is 57.8 Å². The molecule has 0 atom stereocenters. The van der Waals surface area contributed by atoms with Crippen LogP contribution >= 0.6 is 0 Å². The maximum absolute atomic E-state index is 12.5. The van der Waals surface area contributed by atoms with Crippen LogP contribution in [0.4, 0.5) is 5.82 Å². The standard InChI is InChI=1S/C19H28N4O/c24-19(13-15-3-1-2-4-15)22-11-8-17(9-12-22)23(16-5-6-16)18-7-10-20-14-21-18/h7,10,14-17H,1-6,8-9,11-13H2. The first-order chi connectivity index (χ1) is 11.8. The Morgan fingerprint density at radius 3 is 2.42 bits per heavy atom. The van der Waals surface area contributed by atoms with Crippen molar-refractivity contribution in [2.45, 2.75) is 69.9 Å². The maximum atomic E-state index is 12.5. The summed E-state index contributed by atoms with van der Waals surface area (Å²) < 4.78 is 0. The molecule has 5 nitrogen and oxygen atoms in total. The van der Waals surface area contributed by atoms with Gasteiger partial charge >= 0.3 is 0 Å². The Labute approximate surface area is 144 Å². The van der Waals surface area contributed by atoms with Crippen LogP contribution < -0.4 is 4.90 Å². The Morgan fingerprint density at radius 1 is 1.08 bits per heavy atom. The average molecular weight is 328 g/mol. The van der Waals surface area contributed by atoms with Crippen LogP contribution in [0.15, 0.2) is 18.6 Å². The van der Waals surface area contributed by atoms with Gasteiger partial charge in [0.25, 0.3) is 0 Å². The van der Waals surface area contributed by atoms with Gasteiger partial charge in [-0.05, 0) is 50.5 Å². The van der Waals surface area contributed by atoms with Gasteiger partial charge in [-0.1, -0.05) is 12.8 Å². The first kappa shape index (κ1) is 15.9. The lowest BCUT2D eigenvalue weighted by molar-refractivity contribution is -0.133. The zero-order valence-corrected chi connectivity index (χ0v) is 14.4. The molecule has 24 heavy (non-hydrogen) atoms. The summed E-state index contributed by atoms with van der Waals surface area (Å²) in [5.41, 5.74) is 0. The number of carbonyl (C=O) groups is 1. The van der Waals surface area contributed by atoms with E-state index < -0.39 is 0 Å². The van der Waals surface area contributed by atoms with Crippen LogP contribution in [0, 0.1) is 5.92 Å². The van der Waals surface area contributed by atoms with E-state index >= 15 is 0 Å². The van der Waals surface area contributed by atoms with E-state index in [0.29, 0.717) is 23.9 Å². The summed E-state index contributed by atoms with van der Waals surface area (Å²) in [5.74, 6) is 2.10. The van der Waals surface area contributed by atoms with Crippen molar-refractivity contribution in [3.05, 3.63) is 18.6 Å². The molecule has 3 aliphatic rings. The molecule has 1 aromatic rings. The summed E-state index contributed by atoms with van der Waals surface area (Å²) in [6.07, 6.45) is 14.1. The zero-order valence-electron chi connectivity index (χ0n) is 14.4. The topological polar surface area (TPSA) is 49.3 Å². The lowest BCUT2D eigenvalue weighted by Gasteiger charge is -2.39. The van der Waals surface area contributed by atoms with Gasteiger partial charge in [0.1, 0.15) is 12.1 Å². The lowest BCUT2D eigenvalue weighted by atomic mass is 9.99. The molecular formula is C19H28N4O. The summed E-state index contributed by atoms with van der Waals surface area (Å²) in [4.78, 5) is 25.7. The first-order valence-electron chi connectivity index (χ1n) is 9.63. The van der Waals surface area contributed by atoms with Crippen LogP contribution in [-0.2, 0) is 4.79 Å². The number of anilines is 1. The highest BCUT2D eigenvalue weighted by molar-refractivity contribution is 5.76. The number of carbonyl (C=O) groups excluding carboxylic acids is 1. The molecule has 130 valence electrons. The summed E-state index contributed by atoms with van der Waals surface area (Å²) in [6.45, 7) is 1.81. The fourth-order valence-electron chi connectivity index (χ4n) is 4.45. The van der Waals surface area contributed by atoms with Gasteiger partial charge in [0.05, 0.1) is 0 Å². The summed E-state index contributed by atoms with van der Waals surface area (Å²) in [7, 11) is 0. The number of nitrogens with zero attached hydrogens (tertiary/aromatic N) is 4. The predicted molar refractivity (Wildman–Crippen MR) is 93.7 cm³/mol. The van der Waals surface area contributed by atoms with Crippen molar-refractivity contribution in [2.75, 3.05) is 18.0 Å². The molecule has 0 bridgehead atoms. The van der Waals surface area contributed by atoms with E-state index in [-0.39, 0.29) is 0 Å². The van der Waals surface area contributed by atoms with Gasteiger partial charge in [-0.3, -0.25) is 4.79 Å². The quantitative estimate of drug-likeness (QED) is 0.834. The molecule has 4 rings (SSSR count). The number of rotatable bonds is 5. The number of amides is 1. The Balaban J connectivity index is 1.34. The Kier molecular flexibility index (Phi) is 4.67. The van der Waals surface area contributed by atoms with Crippen molar-refractivity contribution in [3.63, 3.8) is 0 Å². The number of piperidine rings is 1. The lowest BCUT2D eigenvalue weighted by Crippen LogP contribution is -2.48. The number of aromatic nitrogens is 2. The molecule has 1 aromatic heterocycles. The molecule has 1 saturated heterocycles. The molecule has 0 radical (unpaired) electrons. The zero-order chi connectivity index (χ0) is 16.4. The molecule has 0 N–H and O–H groups in total. The molecule has 0 unspecified atom stereocenters. The fourth-order valence-corrected chi connectivity index (χ4v) is 4.45. The normalized spacial score (nSPS) is 22.8. The molecule has 2 aliphatic carbocycles. The van der Waals surface area contributed by atoms with Crippen molar-refractivity contribution in [3.8, 4) is 0 Å². The molecule has 2 saturated carbocycles. The van der Waals surface area contributed by atoms with Crippen LogP contribution in [0.3, 0.4) is 0 Å². The molecule has 1 aliphatic heterocycles. The van der Waals surface area contributed by atoms with Gasteiger partial charge in [-0.15, -0.1) is 0 Å². The van der Waals surface area contributed by atoms with E-state index in [1.165, 1.54) is 38.5 Å². The smallest absolute Gasteiger partial charge is 0.222 e. The Hall–Kier alpha value is -1.65. The summed E-state index contributed by atoms with van der Waals surface area (Å²) in [6, 6.07) is 3.18. The van der Waals surface area contributed by atoms with Gasteiger partial charge in [-0.25, -0.2) is 9.97 Å². The number of hydrogen-bond donors (Lipinski definition) is 0. The minimum atomic E-state index is 0.389. The second-order valence-electron chi connectivity index (χ2n) is 7.67. The van der Waals surface area contributed by atoms with Gasteiger partial charge in [-0.2, -0.15) is 0 Å². The van der Waals surface area contributed by atoms with Gasteiger partial charge < -0.3 is 9.80 Å². The third-order valence-corrected chi connectivity index (χ3v) is 5.92. The largest absolute Gasteiger partial charge is 0.350 e. The van der Waals surface area contributed by atoms with E-state index in [1.54, 1.807) is 6.33 Å². The number of likely N-dealkylation sites (tertiary alicyclic amines) is 1. The highest BCUT2D eigenvalue weighted by Gasteiger charge is 2.37. The van der Waals surface area contributed by atoms with Crippen molar-refractivity contribution < 1.29 is 4.79 Å². The van der Waals surface area contributed by atoms with Gasteiger partial charge in [0.2, 0.25) is 5.91 Å². The van der Waals surface area contributed by atoms with E-state index in [0.717, 1.165) is 38.2 Å². The van der Waals surface area contributed by atoms with Crippen molar-refractivity contribution in [1.29, 1.82) is 0 Å². The number of hydrogen-bond acceptors (Lipinski definition) is 4. The SMILES string of the molecule is O=C(CC1CCCC1)N1CCC(N(c2ccncn2)C2CC2)CC1. The maximum Gasteiger partial charge on any atom is 0.222 e. The summed E-state index contributed by atoms with van der Waals surface area (Å²) in [5, 5.41) is 0. The second-order valence-corrected chi connectivity index (χ2v) is 7.67. The van der Waals surface area contributed by atoms with Crippen LogP contribution in [-0.4, -0.2) is 45.9 Å². The highest BCUT2D eigenvalue weighted by atomic mass is 16.2. The van der Waals surface area contributed by atoms with Crippen molar-refractivity contribution in [1.82, 2.24) is 14.9 Å². The van der Waals surface area contributed by atoms with Crippen LogP contribution in [0.2, 0.25) is 0 Å². The molecule has 3 fully saturated rings. The third kappa shape index (κ3) is 3.55. The molecule has 2 heterocycles. The summed E-state index contributed by atoms with van der Waals surface area (Å²) >= 11 is 0. The van der Waals surface area contributed by atoms with Gasteiger partial charge in [0.15, 0.2) is 0 Å². The minimum Gasteiger partial charge on any atom is -0.350 e. The van der Waals surface area contributed by atoms with Crippen molar-refractivity contribution >= 4 is 11.7 Å². The molecular weight excluding hydrogens is 300 g/mol. The third-order valence-electron chi connectivity index (χ3n) is 5.92. The molecule has 5 heteroatoms. The monoisotopic (exact) mass is 328 g/mol. The molecule has 0 aromatic carbocycles. The second kappa shape index (κ2) is 7.08. The fraction of sp³-hybridized carbons (Fsp3) is 0.737. The Bertz CT molecular complexity index is 546. The van der Waals surface area contributed by atoms with E-state index in [1.807, 2.05) is 12.3 Å². The van der Waals surface area contributed by atoms with Crippen LogP contribution in [0.5, 0.6) is 0 Å². The van der Waals surface area contributed by atoms with Crippen LogP contribution in [0.25, 0.3) is 0 Å². The van der Waals surface area contributed by atoms with E-state index in [9.17, 15) is 4.79 Å². The highest BCUT2D eigenvalue weighted by Crippen LogP contribution is 2.35. The Morgan fingerprint density at radius 2 is 1.79 bits per heavy atom. The minimum absolute atomic E-state index is 0.389. The van der Waals surface area contributed by atoms with Gasteiger partial charge in [0, 0.05) is 37.8 Å². The van der Waals surface area contributed by atoms with Crippen molar-refractivity contribution in [2.24, 2.45) is 5.92 Å². The van der Waals surface area contributed by atoms with E-state index in [2.05, 4.69) is 19.8 Å². The average Bonchev–Trinajstić information content (AvgIpc) is 3.32. The first-order valence-corrected chi connectivity index (χ1v) is 9.63. The predicted octanol–water partition coefficient (Wildman–Crippen LogP) is 3.02. The van der Waals surface area contributed by atoms with E-state index in [4.69, 9.17) is 0 Å². The molecule has 0 spiro atoms.